The van der Waals surface area contributed by atoms with Gasteiger partial charge in [-0.15, -0.1) is 0 Å². The molecule has 0 aromatic heterocycles. The minimum atomic E-state index is -0.795. The van der Waals surface area contributed by atoms with Gasteiger partial charge in [-0.3, -0.25) is 9.59 Å². The van der Waals surface area contributed by atoms with Crippen molar-refractivity contribution in [1.82, 2.24) is 5.32 Å². The topological polar surface area (TPSA) is 66.4 Å². The average molecular weight is 299 g/mol. The molecule has 21 heavy (non-hydrogen) atoms. The van der Waals surface area contributed by atoms with Crippen molar-refractivity contribution >= 4 is 11.9 Å². The molecule has 0 saturated carbocycles. The van der Waals surface area contributed by atoms with E-state index in [1.165, 1.54) is 0 Å². The van der Waals surface area contributed by atoms with Gasteiger partial charge >= 0.3 is 5.97 Å². The van der Waals surface area contributed by atoms with Gasteiger partial charge in [-0.25, -0.2) is 0 Å². The van der Waals surface area contributed by atoms with Gasteiger partial charge in [0.25, 0.3) is 0 Å². The Bertz CT molecular complexity index is 331. The molecule has 2 atom stereocenters. The van der Waals surface area contributed by atoms with E-state index in [0.29, 0.717) is 24.8 Å². The van der Waals surface area contributed by atoms with Crippen LogP contribution in [0.25, 0.3) is 0 Å². The van der Waals surface area contributed by atoms with Gasteiger partial charge in [0.15, 0.2) is 0 Å². The number of amides is 1. The van der Waals surface area contributed by atoms with Crippen LogP contribution in [0.2, 0.25) is 0 Å². The van der Waals surface area contributed by atoms with E-state index in [2.05, 4.69) is 46.9 Å². The van der Waals surface area contributed by atoms with Gasteiger partial charge in [-0.05, 0) is 36.0 Å². The van der Waals surface area contributed by atoms with Crippen molar-refractivity contribution in [3.8, 4) is 0 Å². The number of aliphatic carboxylic acids is 1. The Labute approximate surface area is 129 Å². The molecule has 0 rings (SSSR count). The Morgan fingerprint density at radius 1 is 1.10 bits per heavy atom. The van der Waals surface area contributed by atoms with Crippen molar-refractivity contribution in [3.63, 3.8) is 0 Å². The molecule has 4 heteroatoms. The van der Waals surface area contributed by atoms with Gasteiger partial charge in [0.05, 0.1) is 0 Å². The smallest absolute Gasteiger partial charge is 0.303 e. The third kappa shape index (κ3) is 12.4. The quantitative estimate of drug-likeness (QED) is 0.682. The lowest BCUT2D eigenvalue weighted by atomic mass is 9.84. The molecule has 0 aliphatic rings. The van der Waals surface area contributed by atoms with Crippen molar-refractivity contribution in [2.45, 2.75) is 67.2 Å². The lowest BCUT2D eigenvalue weighted by Gasteiger charge is -2.23. The number of hydrogen-bond donors (Lipinski definition) is 2. The number of hydrogen-bond acceptors (Lipinski definition) is 2. The molecule has 0 aromatic rings. The highest BCUT2D eigenvalue weighted by Gasteiger charge is 2.19. The van der Waals surface area contributed by atoms with Gasteiger partial charge in [0.1, 0.15) is 0 Å². The molecule has 1 unspecified atom stereocenters. The molecule has 124 valence electrons. The molecule has 0 aliphatic heterocycles. The van der Waals surface area contributed by atoms with Gasteiger partial charge < -0.3 is 10.4 Å². The van der Waals surface area contributed by atoms with E-state index in [1.807, 2.05) is 0 Å². The first kappa shape index (κ1) is 19.9. The Hall–Kier alpha value is -1.06. The molecule has 4 nitrogen and oxygen atoms in total. The van der Waals surface area contributed by atoms with Crippen LogP contribution in [0.15, 0.2) is 0 Å². The summed E-state index contributed by atoms with van der Waals surface area (Å²) in [4.78, 5) is 22.8. The molecule has 0 radical (unpaired) electrons. The molecule has 0 spiro atoms. The van der Waals surface area contributed by atoms with Crippen LogP contribution in [0, 0.1) is 23.2 Å². The summed E-state index contributed by atoms with van der Waals surface area (Å²) in [5.41, 5.74) is 0.225. The molecule has 0 saturated heterocycles. The molecule has 0 aliphatic carbocycles. The van der Waals surface area contributed by atoms with E-state index in [9.17, 15) is 9.59 Å². The molecule has 0 fully saturated rings. The third-order valence-corrected chi connectivity index (χ3v) is 3.35. The zero-order chi connectivity index (χ0) is 16.6. The zero-order valence-electron chi connectivity index (χ0n) is 14.5. The fraction of sp³-hybridized carbons (Fsp3) is 0.882. The zero-order valence-corrected chi connectivity index (χ0v) is 14.5. The average Bonchev–Trinajstić information content (AvgIpc) is 2.21. The summed E-state index contributed by atoms with van der Waals surface area (Å²) in [6, 6.07) is 0. The van der Waals surface area contributed by atoms with Crippen LogP contribution >= 0.6 is 0 Å². The van der Waals surface area contributed by atoms with E-state index >= 15 is 0 Å². The fourth-order valence-electron chi connectivity index (χ4n) is 2.92. The molecule has 0 aromatic carbocycles. The number of carbonyl (C=O) groups excluding carboxylic acids is 1. The SMILES string of the molecule is CC(C)C[C@H](CNC(=O)CC(C)CC(C)(C)C)CC(=O)O. The van der Waals surface area contributed by atoms with E-state index < -0.39 is 5.97 Å². The van der Waals surface area contributed by atoms with E-state index in [0.717, 1.165) is 12.8 Å². The number of rotatable bonds is 9. The normalized spacial score (nSPS) is 14.8. The molecule has 2 N–H and O–H groups in total. The summed E-state index contributed by atoms with van der Waals surface area (Å²) in [5.74, 6) is 0.0327. The first-order chi connectivity index (χ1) is 9.49. The summed E-state index contributed by atoms with van der Waals surface area (Å²) >= 11 is 0. The van der Waals surface area contributed by atoms with Crippen molar-refractivity contribution < 1.29 is 14.7 Å². The summed E-state index contributed by atoms with van der Waals surface area (Å²) in [7, 11) is 0. The largest absolute Gasteiger partial charge is 0.481 e. The second-order valence-electron chi connectivity index (χ2n) is 7.97. The molecular formula is C17H33NO3. The number of carbonyl (C=O) groups is 2. The molecular weight excluding hydrogens is 266 g/mol. The number of carboxylic acids is 1. The lowest BCUT2D eigenvalue weighted by molar-refractivity contribution is -0.138. The first-order valence-electron chi connectivity index (χ1n) is 7.98. The van der Waals surface area contributed by atoms with E-state index in [4.69, 9.17) is 5.11 Å². The standard InChI is InChI=1S/C17H33NO3/c1-12(2)7-14(9-16(20)21)11-18-15(19)8-13(3)10-17(4,5)6/h12-14H,7-11H2,1-6H3,(H,18,19)(H,20,21)/t13?,14-/m0/s1. The van der Waals surface area contributed by atoms with Crippen molar-refractivity contribution in [2.75, 3.05) is 6.54 Å². The van der Waals surface area contributed by atoms with Crippen LogP contribution < -0.4 is 5.32 Å². The Kier molecular flexibility index (Phi) is 8.60. The highest BCUT2D eigenvalue weighted by Crippen LogP contribution is 2.25. The maximum atomic E-state index is 12.0. The fourth-order valence-corrected chi connectivity index (χ4v) is 2.92. The number of carboxylic acid groups (broad SMARTS) is 1. The van der Waals surface area contributed by atoms with Gasteiger partial charge in [0.2, 0.25) is 5.91 Å². The predicted molar refractivity (Wildman–Crippen MR) is 86.1 cm³/mol. The van der Waals surface area contributed by atoms with Crippen LogP contribution in [0.1, 0.15) is 67.2 Å². The Morgan fingerprint density at radius 3 is 2.10 bits per heavy atom. The van der Waals surface area contributed by atoms with E-state index in [1.54, 1.807) is 0 Å². The maximum Gasteiger partial charge on any atom is 0.303 e. The highest BCUT2D eigenvalue weighted by atomic mass is 16.4. The highest BCUT2D eigenvalue weighted by molar-refractivity contribution is 5.76. The predicted octanol–water partition coefficient (Wildman–Crippen LogP) is 3.70. The minimum absolute atomic E-state index is 0.0179. The van der Waals surface area contributed by atoms with Crippen molar-refractivity contribution in [1.29, 1.82) is 0 Å². The monoisotopic (exact) mass is 299 g/mol. The summed E-state index contributed by atoms with van der Waals surface area (Å²) in [6.45, 7) is 13.2. The second-order valence-corrected chi connectivity index (χ2v) is 7.97. The second kappa shape index (κ2) is 9.06. The molecule has 0 heterocycles. The minimum Gasteiger partial charge on any atom is -0.481 e. The van der Waals surface area contributed by atoms with Crippen LogP contribution in [0.5, 0.6) is 0 Å². The van der Waals surface area contributed by atoms with Crippen LogP contribution in [0.3, 0.4) is 0 Å². The number of nitrogens with one attached hydrogen (secondary N) is 1. The van der Waals surface area contributed by atoms with Gasteiger partial charge in [0, 0.05) is 19.4 Å². The van der Waals surface area contributed by atoms with Crippen molar-refractivity contribution in [2.24, 2.45) is 23.2 Å². The summed E-state index contributed by atoms with van der Waals surface area (Å²) in [5, 5.41) is 11.8. The van der Waals surface area contributed by atoms with Crippen LogP contribution in [-0.2, 0) is 9.59 Å². The van der Waals surface area contributed by atoms with Gasteiger partial charge in [-0.2, -0.15) is 0 Å². The van der Waals surface area contributed by atoms with E-state index in [-0.39, 0.29) is 23.7 Å². The molecule has 1 amide bonds. The Morgan fingerprint density at radius 2 is 1.67 bits per heavy atom. The maximum absolute atomic E-state index is 12.0. The Balaban J connectivity index is 4.20. The first-order valence-corrected chi connectivity index (χ1v) is 7.98. The summed E-state index contributed by atoms with van der Waals surface area (Å²) < 4.78 is 0. The third-order valence-electron chi connectivity index (χ3n) is 3.35. The summed E-state index contributed by atoms with van der Waals surface area (Å²) in [6.07, 6.45) is 2.46. The van der Waals surface area contributed by atoms with Gasteiger partial charge in [-0.1, -0.05) is 41.5 Å². The lowest BCUT2D eigenvalue weighted by Crippen LogP contribution is -2.32. The van der Waals surface area contributed by atoms with Crippen LogP contribution in [0.4, 0.5) is 0 Å². The molecule has 0 bridgehead atoms. The van der Waals surface area contributed by atoms with Crippen molar-refractivity contribution in [3.05, 3.63) is 0 Å². The van der Waals surface area contributed by atoms with Crippen LogP contribution in [-0.4, -0.2) is 23.5 Å².